The van der Waals surface area contributed by atoms with E-state index in [0.29, 0.717) is 36.2 Å². The summed E-state index contributed by atoms with van der Waals surface area (Å²) in [6, 6.07) is 4.84. The number of carbonyl (C=O) groups is 1. The van der Waals surface area contributed by atoms with Crippen molar-refractivity contribution in [1.82, 2.24) is 9.55 Å². The van der Waals surface area contributed by atoms with Crippen LogP contribution >= 0.6 is 15.9 Å². The summed E-state index contributed by atoms with van der Waals surface area (Å²) in [5.74, 6) is 0.298. The molecule has 0 unspecified atom stereocenters. The van der Waals surface area contributed by atoms with Crippen LogP contribution in [0.15, 0.2) is 27.5 Å². The highest BCUT2D eigenvalue weighted by atomic mass is 79.9. The number of aromatic nitrogens is 2. The molecule has 20 heavy (non-hydrogen) atoms. The van der Waals surface area contributed by atoms with Gasteiger partial charge in [-0.15, -0.1) is 0 Å². The molecule has 0 N–H and O–H groups in total. The summed E-state index contributed by atoms with van der Waals surface area (Å²) in [6.45, 7) is 2.07. The molecule has 2 aromatic rings. The van der Waals surface area contributed by atoms with Gasteiger partial charge >= 0.3 is 5.97 Å². The van der Waals surface area contributed by atoms with Crippen molar-refractivity contribution in [2.75, 3.05) is 6.61 Å². The number of hydrogen-bond acceptors (Lipinski definition) is 4. The largest absolute Gasteiger partial charge is 0.464 e. The first-order chi connectivity index (χ1) is 9.61. The van der Waals surface area contributed by atoms with Crippen molar-refractivity contribution in [3.63, 3.8) is 0 Å². The van der Waals surface area contributed by atoms with Crippen LogP contribution in [0.25, 0.3) is 10.9 Å². The van der Waals surface area contributed by atoms with Crippen molar-refractivity contribution < 1.29 is 9.53 Å². The molecule has 1 aliphatic rings. The Bertz CT molecular complexity index is 754. The number of hydrogen-bond donors (Lipinski definition) is 0. The Labute approximate surface area is 123 Å². The van der Waals surface area contributed by atoms with E-state index in [2.05, 4.69) is 20.9 Å². The average Bonchev–Trinajstić information content (AvgIpc) is 2.84. The summed E-state index contributed by atoms with van der Waals surface area (Å²) in [5, 5.41) is 0.513. The van der Waals surface area contributed by atoms with Gasteiger partial charge in [-0.2, -0.15) is 0 Å². The topological polar surface area (TPSA) is 61.2 Å². The van der Waals surface area contributed by atoms with Crippen LogP contribution in [-0.2, 0) is 16.0 Å². The molecule has 0 saturated heterocycles. The first-order valence-corrected chi connectivity index (χ1v) is 7.28. The van der Waals surface area contributed by atoms with Crippen LogP contribution < -0.4 is 5.56 Å². The highest BCUT2D eigenvalue weighted by Crippen LogP contribution is 2.26. The van der Waals surface area contributed by atoms with Gasteiger partial charge in [-0.05, 0) is 31.5 Å². The van der Waals surface area contributed by atoms with Crippen LogP contribution in [0, 0.1) is 0 Å². The Morgan fingerprint density at radius 2 is 2.35 bits per heavy atom. The zero-order valence-electron chi connectivity index (χ0n) is 10.9. The van der Waals surface area contributed by atoms with E-state index in [4.69, 9.17) is 4.74 Å². The minimum Gasteiger partial charge on any atom is -0.464 e. The highest BCUT2D eigenvalue weighted by molar-refractivity contribution is 9.10. The van der Waals surface area contributed by atoms with E-state index in [1.807, 2.05) is 6.07 Å². The van der Waals surface area contributed by atoms with Crippen molar-refractivity contribution in [2.45, 2.75) is 25.8 Å². The summed E-state index contributed by atoms with van der Waals surface area (Å²) in [6.07, 6.45) is 1.18. The molecule has 0 fully saturated rings. The quantitative estimate of drug-likeness (QED) is 0.789. The molecule has 0 amide bonds. The van der Waals surface area contributed by atoms with Crippen LogP contribution in [0.5, 0.6) is 0 Å². The van der Waals surface area contributed by atoms with E-state index in [1.54, 1.807) is 19.1 Å². The second-order valence-corrected chi connectivity index (χ2v) is 5.59. The molecule has 104 valence electrons. The maximum absolute atomic E-state index is 12.6. The van der Waals surface area contributed by atoms with E-state index in [1.165, 1.54) is 4.57 Å². The molecule has 0 aliphatic carbocycles. The van der Waals surface area contributed by atoms with Gasteiger partial charge < -0.3 is 4.74 Å². The number of esters is 1. The van der Waals surface area contributed by atoms with E-state index in [0.717, 1.165) is 4.47 Å². The van der Waals surface area contributed by atoms with Gasteiger partial charge in [0.1, 0.15) is 11.9 Å². The lowest BCUT2D eigenvalue weighted by atomic mass is 10.2. The molecular weight excluding hydrogens is 324 g/mol. The lowest BCUT2D eigenvalue weighted by Gasteiger charge is -2.13. The van der Waals surface area contributed by atoms with Gasteiger partial charge in [-0.3, -0.25) is 9.36 Å². The van der Waals surface area contributed by atoms with Crippen LogP contribution in [0.1, 0.15) is 25.2 Å². The van der Waals surface area contributed by atoms with Crippen molar-refractivity contribution in [2.24, 2.45) is 0 Å². The standard InChI is InChI=1S/C14H13BrN2O3/c1-2-20-14(19)11-5-6-12-16-10-4-3-8(15)7-9(10)13(18)17(11)12/h3-4,7,11H,2,5-6H2,1H3/t11-/m0/s1. The van der Waals surface area contributed by atoms with Crippen molar-refractivity contribution >= 4 is 32.8 Å². The maximum atomic E-state index is 12.6. The lowest BCUT2D eigenvalue weighted by Crippen LogP contribution is -2.29. The maximum Gasteiger partial charge on any atom is 0.329 e. The average molecular weight is 337 g/mol. The summed E-state index contributed by atoms with van der Waals surface area (Å²) < 4.78 is 7.33. The highest BCUT2D eigenvalue weighted by Gasteiger charge is 2.32. The number of aryl methyl sites for hydroxylation is 1. The minimum atomic E-state index is -0.548. The van der Waals surface area contributed by atoms with Gasteiger partial charge in [0, 0.05) is 10.9 Å². The number of carbonyl (C=O) groups excluding carboxylic acids is 1. The molecule has 0 bridgehead atoms. The molecule has 1 aromatic heterocycles. The molecular formula is C14H13BrN2O3. The minimum absolute atomic E-state index is 0.179. The smallest absolute Gasteiger partial charge is 0.329 e. The molecule has 1 aromatic carbocycles. The Morgan fingerprint density at radius 3 is 3.10 bits per heavy atom. The van der Waals surface area contributed by atoms with Crippen LogP contribution in [0.2, 0.25) is 0 Å². The lowest BCUT2D eigenvalue weighted by molar-refractivity contribution is -0.147. The second kappa shape index (κ2) is 5.01. The predicted molar refractivity (Wildman–Crippen MR) is 77.7 cm³/mol. The number of fused-ring (bicyclic) bond motifs is 2. The van der Waals surface area contributed by atoms with E-state index in [9.17, 15) is 9.59 Å². The van der Waals surface area contributed by atoms with Gasteiger partial charge in [0.15, 0.2) is 0 Å². The predicted octanol–water partition coefficient (Wildman–Crippen LogP) is 2.21. The Kier molecular flexibility index (Phi) is 3.33. The third kappa shape index (κ3) is 2.04. The fourth-order valence-electron chi connectivity index (χ4n) is 2.57. The Balaban J connectivity index is 2.19. The Hall–Kier alpha value is -1.69. The first-order valence-electron chi connectivity index (χ1n) is 6.49. The molecule has 5 nitrogen and oxygen atoms in total. The normalized spacial score (nSPS) is 17.2. The van der Waals surface area contributed by atoms with E-state index in [-0.39, 0.29) is 11.5 Å². The number of benzene rings is 1. The van der Waals surface area contributed by atoms with Gasteiger partial charge in [0.2, 0.25) is 0 Å². The van der Waals surface area contributed by atoms with Gasteiger partial charge in [0.05, 0.1) is 17.5 Å². The monoisotopic (exact) mass is 336 g/mol. The third-order valence-corrected chi connectivity index (χ3v) is 3.94. The molecule has 0 saturated carbocycles. The molecule has 1 atom stereocenters. The summed E-state index contributed by atoms with van der Waals surface area (Å²) >= 11 is 3.35. The molecule has 0 spiro atoms. The molecule has 0 radical (unpaired) electrons. The second-order valence-electron chi connectivity index (χ2n) is 4.67. The van der Waals surface area contributed by atoms with Gasteiger partial charge in [0.25, 0.3) is 5.56 Å². The molecule has 6 heteroatoms. The number of rotatable bonds is 2. The fourth-order valence-corrected chi connectivity index (χ4v) is 2.93. The van der Waals surface area contributed by atoms with Crippen LogP contribution in [-0.4, -0.2) is 22.1 Å². The third-order valence-electron chi connectivity index (χ3n) is 3.45. The number of halogens is 1. The summed E-state index contributed by atoms with van der Waals surface area (Å²) in [4.78, 5) is 29.0. The van der Waals surface area contributed by atoms with E-state index < -0.39 is 6.04 Å². The molecule has 2 heterocycles. The van der Waals surface area contributed by atoms with Crippen LogP contribution in [0.3, 0.4) is 0 Å². The van der Waals surface area contributed by atoms with Crippen LogP contribution in [0.4, 0.5) is 0 Å². The van der Waals surface area contributed by atoms with Gasteiger partial charge in [-0.1, -0.05) is 15.9 Å². The Morgan fingerprint density at radius 1 is 1.55 bits per heavy atom. The van der Waals surface area contributed by atoms with Crippen molar-refractivity contribution in [3.8, 4) is 0 Å². The summed E-state index contributed by atoms with van der Waals surface area (Å²) in [5.41, 5.74) is 0.482. The SMILES string of the molecule is CCOC(=O)[C@@H]1CCc2nc3ccc(Br)cc3c(=O)n21. The first kappa shape index (κ1) is 13.3. The molecule has 1 aliphatic heterocycles. The van der Waals surface area contributed by atoms with E-state index >= 15 is 0 Å². The van der Waals surface area contributed by atoms with Crippen molar-refractivity contribution in [3.05, 3.63) is 38.9 Å². The zero-order chi connectivity index (χ0) is 14.3. The molecule has 3 rings (SSSR count). The van der Waals surface area contributed by atoms with Gasteiger partial charge in [-0.25, -0.2) is 9.78 Å². The number of ether oxygens (including phenoxy) is 1. The fraction of sp³-hybridized carbons (Fsp3) is 0.357. The van der Waals surface area contributed by atoms with Crippen molar-refractivity contribution in [1.29, 1.82) is 0 Å². The number of nitrogens with zero attached hydrogens (tertiary/aromatic N) is 2. The summed E-state index contributed by atoms with van der Waals surface area (Å²) in [7, 11) is 0. The zero-order valence-corrected chi connectivity index (χ0v) is 12.5.